The molecule has 1 saturated heterocycles. The maximum Gasteiger partial charge on any atom is 0.239 e. The predicted octanol–water partition coefficient (Wildman–Crippen LogP) is 2.37. The van der Waals surface area contributed by atoms with E-state index >= 15 is 0 Å². The average molecular weight is 381 g/mol. The van der Waals surface area contributed by atoms with Crippen molar-refractivity contribution in [2.75, 3.05) is 31.3 Å². The minimum atomic E-state index is -3.51. The zero-order valence-corrected chi connectivity index (χ0v) is 14.9. The molecule has 1 heterocycles. The number of rotatable bonds is 6. The van der Waals surface area contributed by atoms with Gasteiger partial charge in [0.15, 0.2) is 0 Å². The zero-order chi connectivity index (χ0) is 17.0. The standard InChI is InChI=1S/C14H18Cl2N2O4S/c1-23(20,21)18(8-11-3-2-6-22-11)9-14(19)17-10-4-5-12(15)13(16)7-10/h4-5,7,11H,2-3,6,8-9H2,1H3,(H,17,19). The molecule has 1 amide bonds. The molecule has 1 fully saturated rings. The molecular formula is C14H18Cl2N2O4S. The van der Waals surface area contributed by atoms with Crippen LogP contribution in [0, 0.1) is 0 Å². The van der Waals surface area contributed by atoms with E-state index in [1.54, 1.807) is 12.1 Å². The highest BCUT2D eigenvalue weighted by Gasteiger charge is 2.26. The van der Waals surface area contributed by atoms with Crippen LogP contribution in [0.25, 0.3) is 0 Å². The number of nitrogens with one attached hydrogen (secondary N) is 1. The van der Waals surface area contributed by atoms with Crippen molar-refractivity contribution in [3.8, 4) is 0 Å². The number of carbonyl (C=O) groups is 1. The van der Waals surface area contributed by atoms with Gasteiger partial charge in [0.1, 0.15) is 0 Å². The molecule has 0 aliphatic carbocycles. The first-order chi connectivity index (χ1) is 10.8. The first kappa shape index (κ1) is 18.5. The van der Waals surface area contributed by atoms with E-state index in [4.69, 9.17) is 27.9 Å². The van der Waals surface area contributed by atoms with Gasteiger partial charge in [-0.15, -0.1) is 0 Å². The summed E-state index contributed by atoms with van der Waals surface area (Å²) in [5, 5.41) is 3.29. The molecule has 0 aromatic heterocycles. The van der Waals surface area contributed by atoms with Crippen molar-refractivity contribution in [3.63, 3.8) is 0 Å². The Hall–Kier alpha value is -0.860. The summed E-state index contributed by atoms with van der Waals surface area (Å²) in [6.07, 6.45) is 2.61. The minimum absolute atomic E-state index is 0.164. The molecule has 1 aromatic rings. The molecular weight excluding hydrogens is 363 g/mol. The van der Waals surface area contributed by atoms with Gasteiger partial charge in [0.05, 0.1) is 28.9 Å². The molecule has 0 bridgehead atoms. The number of anilines is 1. The van der Waals surface area contributed by atoms with E-state index in [1.165, 1.54) is 6.07 Å². The third-order valence-corrected chi connectivity index (χ3v) is 5.38. The van der Waals surface area contributed by atoms with Crippen LogP contribution in [0.4, 0.5) is 5.69 Å². The van der Waals surface area contributed by atoms with Crippen molar-refractivity contribution in [1.82, 2.24) is 4.31 Å². The van der Waals surface area contributed by atoms with Gasteiger partial charge < -0.3 is 10.1 Å². The van der Waals surface area contributed by atoms with Crippen LogP contribution in [0.15, 0.2) is 18.2 Å². The largest absolute Gasteiger partial charge is 0.377 e. The number of sulfonamides is 1. The maximum absolute atomic E-state index is 12.1. The normalized spacial score (nSPS) is 18.3. The first-order valence-corrected chi connectivity index (χ1v) is 9.68. The number of nitrogens with zero attached hydrogens (tertiary/aromatic N) is 1. The van der Waals surface area contributed by atoms with Crippen LogP contribution in [-0.2, 0) is 19.6 Å². The Morgan fingerprint density at radius 2 is 2.13 bits per heavy atom. The Balaban J connectivity index is 2.00. The summed E-state index contributed by atoms with van der Waals surface area (Å²) < 4.78 is 30.3. The second-order valence-electron chi connectivity index (χ2n) is 5.37. The monoisotopic (exact) mass is 380 g/mol. The Morgan fingerprint density at radius 1 is 1.39 bits per heavy atom. The van der Waals surface area contributed by atoms with Crippen molar-refractivity contribution in [2.45, 2.75) is 18.9 Å². The van der Waals surface area contributed by atoms with Crippen molar-refractivity contribution in [3.05, 3.63) is 28.2 Å². The molecule has 23 heavy (non-hydrogen) atoms. The molecule has 1 aliphatic heterocycles. The van der Waals surface area contributed by atoms with Gasteiger partial charge >= 0.3 is 0 Å². The van der Waals surface area contributed by atoms with Gasteiger partial charge in [0.25, 0.3) is 0 Å². The van der Waals surface area contributed by atoms with Crippen molar-refractivity contribution < 1.29 is 17.9 Å². The van der Waals surface area contributed by atoms with Gasteiger partial charge in [-0.2, -0.15) is 4.31 Å². The summed E-state index contributed by atoms with van der Waals surface area (Å²) in [6.45, 7) is 0.518. The highest BCUT2D eigenvalue weighted by atomic mass is 35.5. The third kappa shape index (κ3) is 5.61. The number of amides is 1. The van der Waals surface area contributed by atoms with Gasteiger partial charge in [0, 0.05) is 18.8 Å². The van der Waals surface area contributed by atoms with E-state index in [0.29, 0.717) is 22.3 Å². The Morgan fingerprint density at radius 3 is 2.70 bits per heavy atom. The van der Waals surface area contributed by atoms with Crippen LogP contribution < -0.4 is 5.32 Å². The number of hydrogen-bond donors (Lipinski definition) is 1. The van der Waals surface area contributed by atoms with Crippen LogP contribution in [0.1, 0.15) is 12.8 Å². The number of halogens is 2. The summed E-state index contributed by atoms with van der Waals surface area (Å²) in [5.41, 5.74) is 0.454. The summed E-state index contributed by atoms with van der Waals surface area (Å²) in [7, 11) is -3.51. The van der Waals surface area contributed by atoms with Crippen molar-refractivity contribution in [1.29, 1.82) is 0 Å². The predicted molar refractivity (Wildman–Crippen MR) is 90.5 cm³/mol. The molecule has 1 atom stereocenters. The first-order valence-electron chi connectivity index (χ1n) is 7.07. The van der Waals surface area contributed by atoms with Crippen molar-refractivity contribution >= 4 is 44.8 Å². The minimum Gasteiger partial charge on any atom is -0.377 e. The second-order valence-corrected chi connectivity index (χ2v) is 8.16. The molecule has 0 radical (unpaired) electrons. The van der Waals surface area contributed by atoms with E-state index in [2.05, 4.69) is 5.32 Å². The molecule has 1 unspecified atom stereocenters. The molecule has 128 valence electrons. The molecule has 1 aromatic carbocycles. The molecule has 1 N–H and O–H groups in total. The number of hydrogen-bond acceptors (Lipinski definition) is 4. The number of benzene rings is 1. The fourth-order valence-electron chi connectivity index (χ4n) is 2.27. The molecule has 0 saturated carbocycles. The van der Waals surface area contributed by atoms with E-state index in [-0.39, 0.29) is 19.2 Å². The molecule has 9 heteroatoms. The summed E-state index contributed by atoms with van der Waals surface area (Å²) in [5.74, 6) is -0.452. The maximum atomic E-state index is 12.1. The lowest BCUT2D eigenvalue weighted by atomic mass is 10.2. The molecule has 6 nitrogen and oxygen atoms in total. The van der Waals surface area contributed by atoms with E-state index < -0.39 is 15.9 Å². The smallest absolute Gasteiger partial charge is 0.239 e. The molecule has 1 aliphatic rings. The SMILES string of the molecule is CS(=O)(=O)N(CC(=O)Nc1ccc(Cl)c(Cl)c1)CC1CCCO1. The Kier molecular flexibility index (Phi) is 6.27. The average Bonchev–Trinajstić information content (AvgIpc) is 2.94. The zero-order valence-electron chi connectivity index (χ0n) is 12.6. The second kappa shape index (κ2) is 7.81. The number of carbonyl (C=O) groups excluding carboxylic acids is 1. The molecule has 0 spiro atoms. The third-order valence-electron chi connectivity index (χ3n) is 3.42. The van der Waals surface area contributed by atoms with Crippen LogP contribution in [-0.4, -0.2) is 50.7 Å². The topological polar surface area (TPSA) is 75.7 Å². The highest BCUT2D eigenvalue weighted by molar-refractivity contribution is 7.88. The Bertz CT molecular complexity index is 675. The van der Waals surface area contributed by atoms with Gasteiger partial charge in [-0.05, 0) is 31.0 Å². The molecule has 2 rings (SSSR count). The van der Waals surface area contributed by atoms with E-state index in [9.17, 15) is 13.2 Å². The van der Waals surface area contributed by atoms with Crippen LogP contribution in [0.5, 0.6) is 0 Å². The Labute approximate surface area is 145 Å². The van der Waals surface area contributed by atoms with Crippen LogP contribution in [0.3, 0.4) is 0 Å². The fourth-order valence-corrected chi connectivity index (χ4v) is 3.35. The summed E-state index contributed by atoms with van der Waals surface area (Å²) >= 11 is 11.7. The lowest BCUT2D eigenvalue weighted by molar-refractivity contribution is -0.116. The van der Waals surface area contributed by atoms with Crippen LogP contribution >= 0.6 is 23.2 Å². The lowest BCUT2D eigenvalue weighted by Gasteiger charge is -2.22. The summed E-state index contributed by atoms with van der Waals surface area (Å²) in [4.78, 5) is 12.1. The summed E-state index contributed by atoms with van der Waals surface area (Å²) in [6, 6.07) is 4.66. The van der Waals surface area contributed by atoms with Gasteiger partial charge in [-0.25, -0.2) is 8.42 Å². The van der Waals surface area contributed by atoms with Crippen LogP contribution in [0.2, 0.25) is 10.0 Å². The van der Waals surface area contributed by atoms with Gasteiger partial charge in [-0.1, -0.05) is 23.2 Å². The fraction of sp³-hybridized carbons (Fsp3) is 0.500. The lowest BCUT2D eigenvalue weighted by Crippen LogP contribution is -2.41. The highest BCUT2D eigenvalue weighted by Crippen LogP contribution is 2.25. The van der Waals surface area contributed by atoms with Crippen molar-refractivity contribution in [2.24, 2.45) is 0 Å². The van der Waals surface area contributed by atoms with E-state index in [1.807, 2.05) is 0 Å². The van der Waals surface area contributed by atoms with Gasteiger partial charge in [0.2, 0.25) is 15.9 Å². The van der Waals surface area contributed by atoms with E-state index in [0.717, 1.165) is 23.4 Å². The van der Waals surface area contributed by atoms with Gasteiger partial charge in [-0.3, -0.25) is 4.79 Å². The number of ether oxygens (including phenoxy) is 1. The quantitative estimate of drug-likeness (QED) is 0.821.